The molecule has 0 aliphatic heterocycles. The van der Waals surface area contributed by atoms with Gasteiger partial charge in [-0.25, -0.2) is 0 Å². The maximum Gasteiger partial charge on any atom is 0.129 e. The smallest absolute Gasteiger partial charge is 0.129 e. The number of hydrogen-bond donors (Lipinski definition) is 1. The SMILES string of the molecule is Cc1nn(C)c2ccc(-c3cnn(C)c3N)cc12. The summed E-state index contributed by atoms with van der Waals surface area (Å²) < 4.78 is 3.57. The molecule has 92 valence electrons. The van der Waals surface area contributed by atoms with Crippen molar-refractivity contribution in [1.82, 2.24) is 19.6 Å². The van der Waals surface area contributed by atoms with E-state index in [9.17, 15) is 0 Å². The minimum atomic E-state index is 0.677. The van der Waals surface area contributed by atoms with Crippen LogP contribution in [0.4, 0.5) is 5.82 Å². The quantitative estimate of drug-likeness (QED) is 0.707. The van der Waals surface area contributed by atoms with Crippen molar-refractivity contribution in [2.45, 2.75) is 6.92 Å². The molecule has 0 unspecified atom stereocenters. The van der Waals surface area contributed by atoms with Crippen molar-refractivity contribution in [1.29, 1.82) is 0 Å². The van der Waals surface area contributed by atoms with Crippen LogP contribution in [0, 0.1) is 6.92 Å². The Morgan fingerprint density at radius 1 is 1.17 bits per heavy atom. The Labute approximate surface area is 105 Å². The highest BCUT2D eigenvalue weighted by Crippen LogP contribution is 2.29. The first kappa shape index (κ1) is 10.8. The van der Waals surface area contributed by atoms with Crippen LogP contribution in [0.5, 0.6) is 0 Å². The first-order valence-corrected chi connectivity index (χ1v) is 5.79. The van der Waals surface area contributed by atoms with Crippen molar-refractivity contribution < 1.29 is 0 Å². The lowest BCUT2D eigenvalue weighted by molar-refractivity contribution is 0.779. The third-order valence-electron chi connectivity index (χ3n) is 3.33. The van der Waals surface area contributed by atoms with E-state index in [4.69, 9.17) is 5.73 Å². The van der Waals surface area contributed by atoms with Gasteiger partial charge in [-0.3, -0.25) is 9.36 Å². The monoisotopic (exact) mass is 241 g/mol. The van der Waals surface area contributed by atoms with Gasteiger partial charge < -0.3 is 5.73 Å². The summed E-state index contributed by atoms with van der Waals surface area (Å²) in [6, 6.07) is 6.24. The molecule has 0 atom stereocenters. The van der Waals surface area contributed by atoms with Crippen molar-refractivity contribution in [3.8, 4) is 11.1 Å². The second-order valence-corrected chi connectivity index (χ2v) is 4.51. The summed E-state index contributed by atoms with van der Waals surface area (Å²) in [6.07, 6.45) is 1.79. The lowest BCUT2D eigenvalue weighted by atomic mass is 10.1. The first-order chi connectivity index (χ1) is 8.58. The van der Waals surface area contributed by atoms with Crippen LogP contribution in [0.1, 0.15) is 5.69 Å². The van der Waals surface area contributed by atoms with E-state index in [1.165, 1.54) is 0 Å². The minimum absolute atomic E-state index is 0.677. The number of benzene rings is 1. The van der Waals surface area contributed by atoms with Gasteiger partial charge in [0.2, 0.25) is 0 Å². The van der Waals surface area contributed by atoms with Gasteiger partial charge in [-0.15, -0.1) is 0 Å². The van der Waals surface area contributed by atoms with E-state index in [1.54, 1.807) is 10.9 Å². The summed E-state index contributed by atoms with van der Waals surface area (Å²) in [6.45, 7) is 2.01. The van der Waals surface area contributed by atoms with Gasteiger partial charge in [-0.2, -0.15) is 10.2 Å². The third kappa shape index (κ3) is 1.40. The molecule has 0 saturated carbocycles. The van der Waals surface area contributed by atoms with Crippen LogP contribution >= 0.6 is 0 Å². The zero-order valence-corrected chi connectivity index (χ0v) is 10.7. The fourth-order valence-corrected chi connectivity index (χ4v) is 2.28. The number of hydrogen-bond acceptors (Lipinski definition) is 3. The van der Waals surface area contributed by atoms with E-state index in [0.29, 0.717) is 5.82 Å². The molecule has 0 aliphatic rings. The molecule has 3 rings (SSSR count). The molecule has 0 saturated heterocycles. The molecule has 2 heterocycles. The molecular formula is C13H15N5. The largest absolute Gasteiger partial charge is 0.383 e. The number of nitrogens with two attached hydrogens (primary N) is 1. The zero-order chi connectivity index (χ0) is 12.9. The Morgan fingerprint density at radius 3 is 2.61 bits per heavy atom. The molecular weight excluding hydrogens is 226 g/mol. The topological polar surface area (TPSA) is 61.7 Å². The number of nitrogen functional groups attached to an aromatic ring is 1. The molecule has 2 aromatic heterocycles. The number of fused-ring (bicyclic) bond motifs is 1. The molecule has 0 aliphatic carbocycles. The minimum Gasteiger partial charge on any atom is -0.383 e. The lowest BCUT2D eigenvalue weighted by Gasteiger charge is -2.02. The van der Waals surface area contributed by atoms with Crippen LogP contribution in [0.25, 0.3) is 22.0 Å². The van der Waals surface area contributed by atoms with E-state index in [1.807, 2.05) is 25.7 Å². The van der Waals surface area contributed by atoms with Crippen molar-refractivity contribution in [2.75, 3.05) is 5.73 Å². The maximum atomic E-state index is 6.00. The fourth-order valence-electron chi connectivity index (χ4n) is 2.28. The number of nitrogens with zero attached hydrogens (tertiary/aromatic N) is 4. The van der Waals surface area contributed by atoms with Crippen molar-refractivity contribution in [3.63, 3.8) is 0 Å². The number of rotatable bonds is 1. The predicted octanol–water partition coefficient (Wildman–Crippen LogP) is 1.86. The van der Waals surface area contributed by atoms with E-state index in [-0.39, 0.29) is 0 Å². The Morgan fingerprint density at radius 2 is 1.94 bits per heavy atom. The van der Waals surface area contributed by atoms with Gasteiger partial charge in [0.15, 0.2) is 0 Å². The third-order valence-corrected chi connectivity index (χ3v) is 3.33. The molecule has 2 N–H and O–H groups in total. The summed E-state index contributed by atoms with van der Waals surface area (Å²) >= 11 is 0. The van der Waals surface area contributed by atoms with E-state index < -0.39 is 0 Å². The number of anilines is 1. The summed E-state index contributed by atoms with van der Waals surface area (Å²) in [4.78, 5) is 0. The molecule has 0 radical (unpaired) electrons. The van der Waals surface area contributed by atoms with Gasteiger partial charge >= 0.3 is 0 Å². The van der Waals surface area contributed by atoms with Crippen LogP contribution < -0.4 is 5.73 Å². The van der Waals surface area contributed by atoms with Gasteiger partial charge in [-0.05, 0) is 24.6 Å². The highest BCUT2D eigenvalue weighted by molar-refractivity contribution is 5.88. The number of aromatic nitrogens is 4. The average Bonchev–Trinajstić information content (AvgIpc) is 2.82. The number of aryl methyl sites for hydroxylation is 3. The van der Waals surface area contributed by atoms with Crippen molar-refractivity contribution in [3.05, 3.63) is 30.1 Å². The first-order valence-electron chi connectivity index (χ1n) is 5.79. The van der Waals surface area contributed by atoms with Crippen LogP contribution in [0.3, 0.4) is 0 Å². The standard InChI is InChI=1S/C13H15N5/c1-8-10-6-9(4-5-12(10)17(2)16-8)11-7-15-18(3)13(11)14/h4-7H,14H2,1-3H3. The molecule has 5 heteroatoms. The van der Waals surface area contributed by atoms with Gasteiger partial charge in [0.25, 0.3) is 0 Å². The second-order valence-electron chi connectivity index (χ2n) is 4.51. The van der Waals surface area contributed by atoms with E-state index in [0.717, 1.165) is 27.7 Å². The van der Waals surface area contributed by atoms with Gasteiger partial charge in [0.05, 0.1) is 17.4 Å². The Hall–Kier alpha value is -2.30. The van der Waals surface area contributed by atoms with Crippen LogP contribution in [-0.2, 0) is 14.1 Å². The van der Waals surface area contributed by atoms with Crippen molar-refractivity contribution >= 4 is 16.7 Å². The van der Waals surface area contributed by atoms with Crippen LogP contribution in [0.2, 0.25) is 0 Å². The summed E-state index contributed by atoms with van der Waals surface area (Å²) in [7, 11) is 3.79. The van der Waals surface area contributed by atoms with Gasteiger partial charge in [0.1, 0.15) is 5.82 Å². The van der Waals surface area contributed by atoms with Crippen LogP contribution in [0.15, 0.2) is 24.4 Å². The van der Waals surface area contributed by atoms with Crippen LogP contribution in [-0.4, -0.2) is 19.6 Å². The summed E-state index contributed by atoms with van der Waals surface area (Å²) in [5.41, 5.74) is 10.2. The molecule has 1 aromatic carbocycles. The van der Waals surface area contributed by atoms with E-state index >= 15 is 0 Å². The zero-order valence-electron chi connectivity index (χ0n) is 10.7. The average molecular weight is 241 g/mol. The van der Waals surface area contributed by atoms with Gasteiger partial charge in [0, 0.05) is 25.0 Å². The molecule has 5 nitrogen and oxygen atoms in total. The fraction of sp³-hybridized carbons (Fsp3) is 0.231. The second kappa shape index (κ2) is 3.60. The Bertz CT molecular complexity index is 735. The normalized spacial score (nSPS) is 11.3. The predicted molar refractivity (Wildman–Crippen MR) is 72.1 cm³/mol. The maximum absolute atomic E-state index is 6.00. The molecule has 18 heavy (non-hydrogen) atoms. The highest BCUT2D eigenvalue weighted by Gasteiger charge is 2.10. The van der Waals surface area contributed by atoms with Gasteiger partial charge in [-0.1, -0.05) is 6.07 Å². The molecule has 0 spiro atoms. The summed E-state index contributed by atoms with van der Waals surface area (Å²) in [5.74, 6) is 0.677. The molecule has 0 bridgehead atoms. The molecule has 0 amide bonds. The Balaban J connectivity index is 2.25. The van der Waals surface area contributed by atoms with E-state index in [2.05, 4.69) is 28.4 Å². The highest BCUT2D eigenvalue weighted by atomic mass is 15.3. The lowest BCUT2D eigenvalue weighted by Crippen LogP contribution is -1.98. The summed E-state index contributed by atoms with van der Waals surface area (Å²) in [5, 5.41) is 9.74. The molecule has 0 fully saturated rings. The Kier molecular flexibility index (Phi) is 2.16. The molecule has 3 aromatic rings. The van der Waals surface area contributed by atoms with Crippen molar-refractivity contribution in [2.24, 2.45) is 14.1 Å².